The van der Waals surface area contributed by atoms with Crippen LogP contribution in [0.25, 0.3) is 0 Å². The number of aryl methyl sites for hydroxylation is 1. The summed E-state index contributed by atoms with van der Waals surface area (Å²) < 4.78 is 1.01. The minimum absolute atomic E-state index is 0.824. The minimum atomic E-state index is 0.824. The number of rotatable bonds is 2. The fourth-order valence-electron chi connectivity index (χ4n) is 1.27. The number of aromatic nitrogens is 1. The lowest BCUT2D eigenvalue weighted by atomic mass is 10.2. The van der Waals surface area contributed by atoms with Crippen LogP contribution in [-0.2, 0) is 0 Å². The zero-order chi connectivity index (χ0) is 11.5. The van der Waals surface area contributed by atoms with Crippen LogP contribution in [-0.4, -0.2) is 4.98 Å². The second-order valence-corrected chi connectivity index (χ2v) is 5.33. The van der Waals surface area contributed by atoms with Gasteiger partial charge in [0, 0.05) is 16.8 Å². The molecule has 0 fully saturated rings. The maximum atomic E-state index is 5.78. The Morgan fingerprint density at radius 2 is 2.12 bits per heavy atom. The second kappa shape index (κ2) is 4.89. The Morgan fingerprint density at radius 3 is 2.81 bits per heavy atom. The molecule has 0 spiro atoms. The van der Waals surface area contributed by atoms with Crippen LogP contribution in [0.4, 0.5) is 5.69 Å². The number of pyridine rings is 1. The van der Waals surface area contributed by atoms with E-state index >= 15 is 0 Å². The first kappa shape index (κ1) is 11.5. The molecule has 82 valence electrons. The van der Waals surface area contributed by atoms with Gasteiger partial charge in [0.05, 0.1) is 4.47 Å². The summed E-state index contributed by atoms with van der Waals surface area (Å²) in [6, 6.07) is 9.89. The molecule has 0 aliphatic heterocycles. The zero-order valence-electron chi connectivity index (χ0n) is 8.77. The van der Waals surface area contributed by atoms with Gasteiger partial charge in [0.1, 0.15) is 5.03 Å². The average Bonchev–Trinajstić information content (AvgIpc) is 2.27. The monoisotopic (exact) mass is 294 g/mol. The van der Waals surface area contributed by atoms with E-state index in [1.807, 2.05) is 31.2 Å². The van der Waals surface area contributed by atoms with Gasteiger partial charge in [-0.2, -0.15) is 0 Å². The highest BCUT2D eigenvalue weighted by atomic mass is 79.9. The van der Waals surface area contributed by atoms with E-state index in [9.17, 15) is 0 Å². The first-order valence-corrected chi connectivity index (χ1v) is 6.42. The molecule has 0 aliphatic rings. The van der Waals surface area contributed by atoms with Gasteiger partial charge in [0.15, 0.2) is 0 Å². The lowest BCUT2D eigenvalue weighted by Gasteiger charge is -2.05. The molecule has 1 heterocycles. The molecule has 2 rings (SSSR count). The van der Waals surface area contributed by atoms with E-state index in [4.69, 9.17) is 5.73 Å². The Labute approximate surface area is 107 Å². The Kier molecular flexibility index (Phi) is 3.51. The summed E-state index contributed by atoms with van der Waals surface area (Å²) in [7, 11) is 0. The van der Waals surface area contributed by atoms with Crippen LogP contribution in [0, 0.1) is 6.92 Å². The predicted molar refractivity (Wildman–Crippen MR) is 71.7 cm³/mol. The highest BCUT2D eigenvalue weighted by Crippen LogP contribution is 2.32. The zero-order valence-corrected chi connectivity index (χ0v) is 11.2. The Bertz CT molecular complexity index is 514. The molecule has 0 aliphatic carbocycles. The van der Waals surface area contributed by atoms with E-state index in [0.29, 0.717) is 0 Å². The molecule has 16 heavy (non-hydrogen) atoms. The van der Waals surface area contributed by atoms with Crippen LogP contribution in [0.2, 0.25) is 0 Å². The lowest BCUT2D eigenvalue weighted by molar-refractivity contribution is 1.11. The van der Waals surface area contributed by atoms with Gasteiger partial charge in [-0.1, -0.05) is 11.8 Å². The molecule has 0 amide bonds. The number of nitrogen functional groups attached to an aromatic ring is 1. The van der Waals surface area contributed by atoms with E-state index in [-0.39, 0.29) is 0 Å². The Balaban J connectivity index is 2.28. The van der Waals surface area contributed by atoms with Gasteiger partial charge in [0.25, 0.3) is 0 Å². The van der Waals surface area contributed by atoms with Crippen molar-refractivity contribution >= 4 is 33.4 Å². The van der Waals surface area contributed by atoms with Crippen LogP contribution < -0.4 is 5.73 Å². The van der Waals surface area contributed by atoms with E-state index in [2.05, 4.69) is 27.0 Å². The third kappa shape index (κ3) is 2.57. The number of halogens is 1. The number of nitrogens with zero attached hydrogens (tertiary/aromatic N) is 1. The summed E-state index contributed by atoms with van der Waals surface area (Å²) in [6.07, 6.45) is 1.79. The van der Waals surface area contributed by atoms with Gasteiger partial charge in [-0.15, -0.1) is 0 Å². The minimum Gasteiger partial charge on any atom is -0.399 e. The van der Waals surface area contributed by atoms with E-state index in [1.54, 1.807) is 18.0 Å². The molecule has 0 radical (unpaired) electrons. The standard InChI is InChI=1S/C12H11BrN2S/c1-8-7-9(4-5-11(8)14)16-12-10(13)3-2-6-15-12/h2-7H,14H2,1H3. The summed E-state index contributed by atoms with van der Waals surface area (Å²) in [5.41, 5.74) is 7.70. The number of anilines is 1. The fourth-order valence-corrected chi connectivity index (χ4v) is 2.64. The van der Waals surface area contributed by atoms with Crippen LogP contribution >= 0.6 is 27.7 Å². The highest BCUT2D eigenvalue weighted by Gasteiger charge is 2.04. The van der Waals surface area contributed by atoms with E-state index in [0.717, 1.165) is 25.6 Å². The van der Waals surface area contributed by atoms with Crippen LogP contribution in [0.3, 0.4) is 0 Å². The summed E-state index contributed by atoms with van der Waals surface area (Å²) >= 11 is 5.10. The molecule has 0 saturated heterocycles. The van der Waals surface area contributed by atoms with Crippen molar-refractivity contribution in [3.05, 3.63) is 46.6 Å². The van der Waals surface area contributed by atoms with Crippen molar-refractivity contribution in [3.63, 3.8) is 0 Å². The van der Waals surface area contributed by atoms with Crippen LogP contribution in [0.5, 0.6) is 0 Å². The number of benzene rings is 1. The highest BCUT2D eigenvalue weighted by molar-refractivity contribution is 9.10. The van der Waals surface area contributed by atoms with Crippen molar-refractivity contribution in [2.45, 2.75) is 16.8 Å². The summed E-state index contributed by atoms with van der Waals surface area (Å²) in [4.78, 5) is 5.46. The molecule has 2 nitrogen and oxygen atoms in total. The van der Waals surface area contributed by atoms with Crippen molar-refractivity contribution < 1.29 is 0 Å². The second-order valence-electron chi connectivity index (χ2n) is 3.41. The van der Waals surface area contributed by atoms with Crippen molar-refractivity contribution in [3.8, 4) is 0 Å². The molecule has 1 aromatic carbocycles. The number of nitrogens with two attached hydrogens (primary N) is 1. The maximum Gasteiger partial charge on any atom is 0.115 e. The fraction of sp³-hybridized carbons (Fsp3) is 0.0833. The van der Waals surface area contributed by atoms with Crippen molar-refractivity contribution in [1.29, 1.82) is 0 Å². The molecule has 0 atom stereocenters. The van der Waals surface area contributed by atoms with Gasteiger partial charge >= 0.3 is 0 Å². The lowest BCUT2D eigenvalue weighted by Crippen LogP contribution is -1.89. The molecule has 0 bridgehead atoms. The quantitative estimate of drug-likeness (QED) is 0.854. The van der Waals surface area contributed by atoms with Gasteiger partial charge in [-0.3, -0.25) is 0 Å². The Hall–Kier alpha value is -1.00. The van der Waals surface area contributed by atoms with Gasteiger partial charge in [-0.25, -0.2) is 4.98 Å². The van der Waals surface area contributed by atoms with E-state index in [1.165, 1.54) is 0 Å². The van der Waals surface area contributed by atoms with Gasteiger partial charge in [-0.05, 0) is 58.7 Å². The van der Waals surface area contributed by atoms with Crippen molar-refractivity contribution in [2.75, 3.05) is 5.73 Å². The third-order valence-electron chi connectivity index (χ3n) is 2.18. The average molecular weight is 295 g/mol. The number of hydrogen-bond acceptors (Lipinski definition) is 3. The molecule has 2 N–H and O–H groups in total. The summed E-state index contributed by atoms with van der Waals surface area (Å²) in [5, 5.41) is 0.965. The largest absolute Gasteiger partial charge is 0.399 e. The first-order chi connectivity index (χ1) is 7.66. The van der Waals surface area contributed by atoms with Crippen LogP contribution in [0.1, 0.15) is 5.56 Å². The van der Waals surface area contributed by atoms with Gasteiger partial charge in [0.2, 0.25) is 0 Å². The van der Waals surface area contributed by atoms with Crippen molar-refractivity contribution in [1.82, 2.24) is 4.98 Å². The predicted octanol–water partition coefficient (Wildman–Crippen LogP) is 3.89. The van der Waals surface area contributed by atoms with Crippen molar-refractivity contribution in [2.24, 2.45) is 0 Å². The molecule has 2 aromatic rings. The third-order valence-corrected chi connectivity index (χ3v) is 4.09. The van der Waals surface area contributed by atoms with E-state index < -0.39 is 0 Å². The number of hydrogen-bond donors (Lipinski definition) is 1. The summed E-state index contributed by atoms with van der Waals surface area (Å²) in [5.74, 6) is 0. The Morgan fingerprint density at radius 1 is 1.31 bits per heavy atom. The molecular formula is C12H11BrN2S. The normalized spacial score (nSPS) is 10.4. The van der Waals surface area contributed by atoms with Crippen LogP contribution in [0.15, 0.2) is 50.9 Å². The maximum absolute atomic E-state index is 5.78. The first-order valence-electron chi connectivity index (χ1n) is 4.81. The topological polar surface area (TPSA) is 38.9 Å². The summed E-state index contributed by atoms with van der Waals surface area (Å²) in [6.45, 7) is 2.01. The molecule has 1 aromatic heterocycles. The molecule has 0 unspecified atom stereocenters. The molecular weight excluding hydrogens is 284 g/mol. The molecule has 0 saturated carbocycles. The van der Waals surface area contributed by atoms with Gasteiger partial charge < -0.3 is 5.73 Å². The smallest absolute Gasteiger partial charge is 0.115 e. The SMILES string of the molecule is Cc1cc(Sc2ncccc2Br)ccc1N. The molecule has 4 heteroatoms.